The molecule has 5 heteroatoms. The van der Waals surface area contributed by atoms with E-state index in [1.165, 1.54) is 31.4 Å². The standard InChI is InChI=1S/C14H19N5/c1-2-11-3-4-13(9-11)16-12-5-7-14(8-6-12)19-10-15-17-18-19/h5-8,10-11,13,16H,2-4,9H2,1H3. The van der Waals surface area contributed by atoms with Gasteiger partial charge in [0.1, 0.15) is 6.33 Å². The quantitative estimate of drug-likeness (QED) is 0.915. The smallest absolute Gasteiger partial charge is 0.143 e. The van der Waals surface area contributed by atoms with Crippen LogP contribution in [-0.4, -0.2) is 26.2 Å². The van der Waals surface area contributed by atoms with E-state index in [1.54, 1.807) is 11.0 Å². The first kappa shape index (κ1) is 12.1. The molecule has 1 fully saturated rings. The molecule has 1 saturated carbocycles. The molecule has 2 aromatic rings. The number of hydrogen-bond acceptors (Lipinski definition) is 4. The number of aromatic nitrogens is 4. The fraction of sp³-hybridized carbons (Fsp3) is 0.500. The van der Waals surface area contributed by atoms with Gasteiger partial charge in [-0.1, -0.05) is 13.3 Å². The minimum absolute atomic E-state index is 0.629. The van der Waals surface area contributed by atoms with Crippen molar-refractivity contribution in [3.8, 4) is 5.69 Å². The monoisotopic (exact) mass is 257 g/mol. The van der Waals surface area contributed by atoms with Crippen LogP contribution in [0.5, 0.6) is 0 Å². The number of tetrazole rings is 1. The van der Waals surface area contributed by atoms with E-state index in [0.29, 0.717) is 6.04 Å². The van der Waals surface area contributed by atoms with Crippen molar-refractivity contribution in [2.75, 3.05) is 5.32 Å². The molecule has 0 aliphatic heterocycles. The van der Waals surface area contributed by atoms with Crippen molar-refractivity contribution in [2.45, 2.75) is 38.6 Å². The Balaban J connectivity index is 1.63. The Morgan fingerprint density at radius 1 is 1.26 bits per heavy atom. The maximum absolute atomic E-state index is 3.88. The van der Waals surface area contributed by atoms with E-state index in [9.17, 15) is 0 Å². The van der Waals surface area contributed by atoms with Crippen LogP contribution in [0.15, 0.2) is 30.6 Å². The van der Waals surface area contributed by atoms with Crippen molar-refractivity contribution in [1.29, 1.82) is 0 Å². The highest BCUT2D eigenvalue weighted by atomic mass is 15.5. The second-order valence-electron chi connectivity index (χ2n) is 5.23. The first-order valence-corrected chi connectivity index (χ1v) is 6.95. The SMILES string of the molecule is CCC1CCC(Nc2ccc(-n3cnnn3)cc2)C1. The lowest BCUT2D eigenvalue weighted by Crippen LogP contribution is -2.15. The van der Waals surface area contributed by atoms with E-state index in [0.717, 1.165) is 11.6 Å². The molecule has 5 nitrogen and oxygen atoms in total. The van der Waals surface area contributed by atoms with E-state index in [2.05, 4.69) is 39.9 Å². The van der Waals surface area contributed by atoms with Crippen molar-refractivity contribution in [2.24, 2.45) is 5.92 Å². The second kappa shape index (κ2) is 5.38. The summed E-state index contributed by atoms with van der Waals surface area (Å²) in [7, 11) is 0. The summed E-state index contributed by atoms with van der Waals surface area (Å²) in [4.78, 5) is 0. The molecule has 0 spiro atoms. The van der Waals surface area contributed by atoms with Gasteiger partial charge >= 0.3 is 0 Å². The number of hydrogen-bond donors (Lipinski definition) is 1. The number of rotatable bonds is 4. The van der Waals surface area contributed by atoms with Gasteiger partial charge in [-0.2, -0.15) is 0 Å². The van der Waals surface area contributed by atoms with E-state index in [-0.39, 0.29) is 0 Å². The summed E-state index contributed by atoms with van der Waals surface area (Å²) >= 11 is 0. The predicted octanol–water partition coefficient (Wildman–Crippen LogP) is 2.65. The Hall–Kier alpha value is -1.91. The number of nitrogens with zero attached hydrogens (tertiary/aromatic N) is 4. The highest BCUT2D eigenvalue weighted by Gasteiger charge is 2.22. The molecule has 0 saturated heterocycles. The summed E-state index contributed by atoms with van der Waals surface area (Å²) in [6.45, 7) is 2.29. The van der Waals surface area contributed by atoms with E-state index in [4.69, 9.17) is 0 Å². The zero-order valence-electron chi connectivity index (χ0n) is 11.2. The lowest BCUT2D eigenvalue weighted by Gasteiger charge is -2.14. The summed E-state index contributed by atoms with van der Waals surface area (Å²) < 4.78 is 1.66. The molecule has 100 valence electrons. The molecular formula is C14H19N5. The fourth-order valence-electron chi connectivity index (χ4n) is 2.80. The maximum Gasteiger partial charge on any atom is 0.143 e. The maximum atomic E-state index is 3.88. The van der Waals surface area contributed by atoms with Crippen LogP contribution in [0.2, 0.25) is 0 Å². The molecule has 2 atom stereocenters. The largest absolute Gasteiger partial charge is 0.382 e. The van der Waals surface area contributed by atoms with Gasteiger partial charge in [0, 0.05) is 11.7 Å². The van der Waals surface area contributed by atoms with Crippen LogP contribution in [0.3, 0.4) is 0 Å². The van der Waals surface area contributed by atoms with Gasteiger partial charge in [0.25, 0.3) is 0 Å². The molecule has 1 aliphatic carbocycles. The summed E-state index contributed by atoms with van der Waals surface area (Å²) in [5.74, 6) is 0.901. The van der Waals surface area contributed by atoms with Crippen LogP contribution >= 0.6 is 0 Å². The van der Waals surface area contributed by atoms with Crippen molar-refractivity contribution in [3.63, 3.8) is 0 Å². The molecule has 1 N–H and O–H groups in total. The van der Waals surface area contributed by atoms with Crippen molar-refractivity contribution in [1.82, 2.24) is 20.2 Å². The van der Waals surface area contributed by atoms with Gasteiger partial charge in [-0.05, 0) is 59.9 Å². The van der Waals surface area contributed by atoms with Gasteiger partial charge in [0.15, 0.2) is 0 Å². The Morgan fingerprint density at radius 2 is 2.11 bits per heavy atom. The van der Waals surface area contributed by atoms with Crippen LogP contribution in [0.25, 0.3) is 5.69 Å². The van der Waals surface area contributed by atoms with Crippen LogP contribution in [-0.2, 0) is 0 Å². The molecule has 2 unspecified atom stereocenters. The Bertz CT molecular complexity index is 505. The van der Waals surface area contributed by atoms with Gasteiger partial charge < -0.3 is 5.32 Å². The Morgan fingerprint density at radius 3 is 2.74 bits per heavy atom. The van der Waals surface area contributed by atoms with Crippen LogP contribution in [0, 0.1) is 5.92 Å². The molecular weight excluding hydrogens is 238 g/mol. The molecule has 0 radical (unpaired) electrons. The third kappa shape index (κ3) is 2.75. The zero-order valence-corrected chi connectivity index (χ0v) is 11.2. The van der Waals surface area contributed by atoms with Gasteiger partial charge in [-0.15, -0.1) is 5.10 Å². The Labute approximate surface area is 113 Å². The van der Waals surface area contributed by atoms with E-state index in [1.807, 2.05) is 12.1 Å². The molecule has 19 heavy (non-hydrogen) atoms. The zero-order chi connectivity index (χ0) is 13.1. The molecule has 1 aromatic heterocycles. The molecule has 0 amide bonds. The van der Waals surface area contributed by atoms with Gasteiger partial charge in [0.2, 0.25) is 0 Å². The van der Waals surface area contributed by atoms with Crippen LogP contribution in [0.4, 0.5) is 5.69 Å². The highest BCUT2D eigenvalue weighted by Crippen LogP contribution is 2.30. The van der Waals surface area contributed by atoms with Crippen LogP contribution < -0.4 is 5.32 Å². The minimum Gasteiger partial charge on any atom is -0.382 e. The highest BCUT2D eigenvalue weighted by molar-refractivity contribution is 5.49. The topological polar surface area (TPSA) is 55.6 Å². The summed E-state index contributed by atoms with van der Waals surface area (Å²) in [5, 5.41) is 14.8. The molecule has 1 aliphatic rings. The lowest BCUT2D eigenvalue weighted by atomic mass is 10.1. The molecule has 1 heterocycles. The van der Waals surface area contributed by atoms with Gasteiger partial charge in [-0.3, -0.25) is 0 Å². The molecule has 0 bridgehead atoms. The van der Waals surface area contributed by atoms with Crippen molar-refractivity contribution >= 4 is 5.69 Å². The third-order valence-electron chi connectivity index (χ3n) is 3.97. The number of benzene rings is 1. The number of nitrogens with one attached hydrogen (secondary N) is 1. The predicted molar refractivity (Wildman–Crippen MR) is 74.2 cm³/mol. The van der Waals surface area contributed by atoms with E-state index >= 15 is 0 Å². The average molecular weight is 257 g/mol. The third-order valence-corrected chi connectivity index (χ3v) is 3.97. The average Bonchev–Trinajstić information content (AvgIpc) is 3.10. The second-order valence-corrected chi connectivity index (χ2v) is 5.23. The fourth-order valence-corrected chi connectivity index (χ4v) is 2.80. The first-order valence-electron chi connectivity index (χ1n) is 6.95. The summed E-state index contributed by atoms with van der Waals surface area (Å²) in [5.41, 5.74) is 2.16. The van der Waals surface area contributed by atoms with Crippen molar-refractivity contribution in [3.05, 3.63) is 30.6 Å². The van der Waals surface area contributed by atoms with Crippen LogP contribution in [0.1, 0.15) is 32.6 Å². The summed E-state index contributed by atoms with van der Waals surface area (Å²) in [6.07, 6.45) is 6.84. The van der Waals surface area contributed by atoms with E-state index < -0.39 is 0 Å². The molecule has 3 rings (SSSR count). The Kier molecular flexibility index (Phi) is 3.44. The summed E-state index contributed by atoms with van der Waals surface area (Å²) in [6, 6.07) is 8.88. The minimum atomic E-state index is 0.629. The normalized spacial score (nSPS) is 22.6. The first-order chi connectivity index (χ1) is 9.35. The van der Waals surface area contributed by atoms with Gasteiger partial charge in [-0.25, -0.2) is 4.68 Å². The molecule has 1 aromatic carbocycles. The van der Waals surface area contributed by atoms with Crippen molar-refractivity contribution < 1.29 is 0 Å². The number of anilines is 1. The lowest BCUT2D eigenvalue weighted by molar-refractivity contribution is 0.525. The van der Waals surface area contributed by atoms with Gasteiger partial charge in [0.05, 0.1) is 5.69 Å².